The number of methoxy groups -OCH3 is 1. The third kappa shape index (κ3) is 3.23. The van der Waals surface area contributed by atoms with Crippen LogP contribution >= 0.6 is 0 Å². The van der Waals surface area contributed by atoms with Gasteiger partial charge < -0.3 is 10.5 Å². The Balaban J connectivity index is 2.24. The van der Waals surface area contributed by atoms with Crippen LogP contribution in [-0.2, 0) is 12.6 Å². The Morgan fingerprint density at radius 2 is 1.75 bits per heavy atom. The lowest BCUT2D eigenvalue weighted by atomic mass is 10.0. The Morgan fingerprint density at radius 3 is 2.35 bits per heavy atom. The average Bonchev–Trinajstić information content (AvgIpc) is 2.38. The van der Waals surface area contributed by atoms with Gasteiger partial charge in [-0.1, -0.05) is 24.3 Å². The Kier molecular flexibility index (Phi) is 3.88. The molecule has 0 bridgehead atoms. The summed E-state index contributed by atoms with van der Waals surface area (Å²) in [6.07, 6.45) is -3.94. The van der Waals surface area contributed by atoms with Crippen LogP contribution in [-0.4, -0.2) is 7.11 Å². The monoisotopic (exact) mass is 281 g/mol. The quantitative estimate of drug-likeness (QED) is 0.866. The van der Waals surface area contributed by atoms with E-state index >= 15 is 0 Å². The van der Waals surface area contributed by atoms with Crippen LogP contribution in [0.25, 0.3) is 0 Å². The van der Waals surface area contributed by atoms with Gasteiger partial charge in [-0.2, -0.15) is 13.2 Å². The summed E-state index contributed by atoms with van der Waals surface area (Å²) in [6, 6.07) is 10.5. The Labute approximate surface area is 115 Å². The second-order valence-electron chi connectivity index (χ2n) is 4.45. The molecule has 0 atom stereocenters. The Morgan fingerprint density at radius 1 is 1.05 bits per heavy atom. The van der Waals surface area contributed by atoms with Crippen molar-refractivity contribution in [2.75, 3.05) is 12.8 Å². The molecule has 0 fully saturated rings. The fourth-order valence-electron chi connectivity index (χ4n) is 1.99. The van der Waals surface area contributed by atoms with Crippen molar-refractivity contribution in [3.63, 3.8) is 0 Å². The van der Waals surface area contributed by atoms with Crippen LogP contribution in [0.2, 0.25) is 0 Å². The lowest BCUT2D eigenvalue weighted by Gasteiger charge is -2.10. The molecule has 0 aliphatic carbocycles. The van der Waals surface area contributed by atoms with Gasteiger partial charge in [-0.25, -0.2) is 0 Å². The van der Waals surface area contributed by atoms with Crippen LogP contribution in [0.1, 0.15) is 16.7 Å². The van der Waals surface area contributed by atoms with Crippen molar-refractivity contribution in [1.82, 2.24) is 0 Å². The minimum Gasteiger partial charge on any atom is -0.495 e. The SMILES string of the molecule is COc1ccc(Cc2cccc(C(F)(F)F)c2)cc1N. The van der Waals surface area contributed by atoms with Crippen LogP contribution < -0.4 is 10.5 Å². The Bertz CT molecular complexity index is 608. The van der Waals surface area contributed by atoms with Gasteiger partial charge in [-0.05, 0) is 35.7 Å². The molecule has 20 heavy (non-hydrogen) atoms. The minimum atomic E-state index is -4.32. The van der Waals surface area contributed by atoms with Gasteiger partial charge in [0.2, 0.25) is 0 Å². The maximum atomic E-state index is 12.6. The second-order valence-corrected chi connectivity index (χ2v) is 4.45. The number of anilines is 1. The molecule has 0 unspecified atom stereocenters. The number of nitrogens with two attached hydrogens (primary N) is 1. The van der Waals surface area contributed by atoms with E-state index in [9.17, 15) is 13.2 Å². The summed E-state index contributed by atoms with van der Waals surface area (Å²) in [5.41, 5.74) is 7.03. The molecule has 2 nitrogen and oxygen atoms in total. The number of benzene rings is 2. The van der Waals surface area contributed by atoms with E-state index in [0.29, 0.717) is 23.4 Å². The predicted octanol–water partition coefficient (Wildman–Crippen LogP) is 3.89. The molecule has 5 heteroatoms. The van der Waals surface area contributed by atoms with Crippen LogP contribution in [0.5, 0.6) is 5.75 Å². The zero-order chi connectivity index (χ0) is 14.8. The molecule has 106 valence electrons. The molecule has 2 rings (SSSR count). The zero-order valence-corrected chi connectivity index (χ0v) is 10.9. The van der Waals surface area contributed by atoms with E-state index < -0.39 is 11.7 Å². The fourth-order valence-corrected chi connectivity index (χ4v) is 1.99. The molecule has 0 saturated carbocycles. The first kappa shape index (κ1) is 14.2. The van der Waals surface area contributed by atoms with Crippen molar-refractivity contribution in [1.29, 1.82) is 0 Å². The van der Waals surface area contributed by atoms with Crippen molar-refractivity contribution in [3.05, 3.63) is 59.2 Å². The molecule has 2 aromatic carbocycles. The van der Waals surface area contributed by atoms with E-state index in [4.69, 9.17) is 10.5 Å². The summed E-state index contributed by atoms with van der Waals surface area (Å²) >= 11 is 0. The summed E-state index contributed by atoms with van der Waals surface area (Å²) < 4.78 is 42.9. The highest BCUT2D eigenvalue weighted by Crippen LogP contribution is 2.30. The minimum absolute atomic E-state index is 0.387. The molecule has 0 radical (unpaired) electrons. The predicted molar refractivity (Wildman–Crippen MR) is 71.7 cm³/mol. The van der Waals surface area contributed by atoms with Crippen LogP contribution in [0.4, 0.5) is 18.9 Å². The maximum absolute atomic E-state index is 12.6. The highest BCUT2D eigenvalue weighted by molar-refractivity contribution is 5.54. The fraction of sp³-hybridized carbons (Fsp3) is 0.200. The van der Waals surface area contributed by atoms with Gasteiger partial charge >= 0.3 is 6.18 Å². The molecule has 0 aliphatic rings. The van der Waals surface area contributed by atoms with Crippen molar-refractivity contribution in [3.8, 4) is 5.75 Å². The van der Waals surface area contributed by atoms with Crippen LogP contribution in [0.15, 0.2) is 42.5 Å². The number of hydrogen-bond donors (Lipinski definition) is 1. The first-order chi connectivity index (χ1) is 9.40. The first-order valence-corrected chi connectivity index (χ1v) is 5.98. The molecular formula is C15H14F3NO. The van der Waals surface area contributed by atoms with Crippen molar-refractivity contribution in [2.24, 2.45) is 0 Å². The highest BCUT2D eigenvalue weighted by atomic mass is 19.4. The summed E-state index contributed by atoms with van der Waals surface area (Å²) in [4.78, 5) is 0. The largest absolute Gasteiger partial charge is 0.495 e. The van der Waals surface area contributed by atoms with Gasteiger partial charge in [-0.3, -0.25) is 0 Å². The van der Waals surface area contributed by atoms with Crippen molar-refractivity contribution < 1.29 is 17.9 Å². The van der Waals surface area contributed by atoms with Gasteiger partial charge in [0.25, 0.3) is 0 Å². The van der Waals surface area contributed by atoms with E-state index in [1.165, 1.54) is 13.2 Å². The number of ether oxygens (including phenoxy) is 1. The third-order valence-corrected chi connectivity index (χ3v) is 2.96. The third-order valence-electron chi connectivity index (χ3n) is 2.96. The van der Waals surface area contributed by atoms with Gasteiger partial charge in [0.05, 0.1) is 18.4 Å². The van der Waals surface area contributed by atoms with Gasteiger partial charge in [-0.15, -0.1) is 0 Å². The summed E-state index contributed by atoms with van der Waals surface area (Å²) in [5, 5.41) is 0. The molecule has 0 heterocycles. The van der Waals surface area contributed by atoms with E-state index in [1.54, 1.807) is 24.3 Å². The molecule has 0 aromatic heterocycles. The molecule has 0 amide bonds. The summed E-state index contributed by atoms with van der Waals surface area (Å²) in [5.74, 6) is 0.554. The number of alkyl halides is 3. The summed E-state index contributed by atoms with van der Waals surface area (Å²) in [6.45, 7) is 0. The average molecular weight is 281 g/mol. The van der Waals surface area contributed by atoms with E-state index in [0.717, 1.165) is 17.7 Å². The van der Waals surface area contributed by atoms with Gasteiger partial charge in [0.15, 0.2) is 0 Å². The lowest BCUT2D eigenvalue weighted by Crippen LogP contribution is -2.05. The first-order valence-electron chi connectivity index (χ1n) is 5.98. The molecular weight excluding hydrogens is 267 g/mol. The molecule has 0 aliphatic heterocycles. The maximum Gasteiger partial charge on any atom is 0.416 e. The van der Waals surface area contributed by atoms with Crippen LogP contribution in [0, 0.1) is 0 Å². The van der Waals surface area contributed by atoms with E-state index in [-0.39, 0.29) is 0 Å². The topological polar surface area (TPSA) is 35.2 Å². The lowest BCUT2D eigenvalue weighted by molar-refractivity contribution is -0.137. The molecule has 0 saturated heterocycles. The van der Waals surface area contributed by atoms with Crippen molar-refractivity contribution >= 4 is 5.69 Å². The number of rotatable bonds is 3. The summed E-state index contributed by atoms with van der Waals surface area (Å²) in [7, 11) is 1.51. The number of halogens is 3. The smallest absolute Gasteiger partial charge is 0.416 e. The molecule has 0 spiro atoms. The van der Waals surface area contributed by atoms with E-state index in [1.807, 2.05) is 0 Å². The van der Waals surface area contributed by atoms with Gasteiger partial charge in [0.1, 0.15) is 5.75 Å². The molecule has 2 N–H and O–H groups in total. The number of hydrogen-bond acceptors (Lipinski definition) is 2. The second kappa shape index (κ2) is 5.45. The zero-order valence-electron chi connectivity index (χ0n) is 10.9. The standard InChI is InChI=1S/C15H14F3NO/c1-20-14-6-5-11(9-13(14)19)7-10-3-2-4-12(8-10)15(16,17)18/h2-6,8-9H,7,19H2,1H3. The highest BCUT2D eigenvalue weighted by Gasteiger charge is 2.30. The van der Waals surface area contributed by atoms with Crippen molar-refractivity contribution in [2.45, 2.75) is 12.6 Å². The number of nitrogen functional groups attached to an aromatic ring is 1. The molecule has 2 aromatic rings. The van der Waals surface area contributed by atoms with Gasteiger partial charge in [0, 0.05) is 0 Å². The normalized spacial score (nSPS) is 11.4. The van der Waals surface area contributed by atoms with Crippen LogP contribution in [0.3, 0.4) is 0 Å². The van der Waals surface area contributed by atoms with E-state index in [2.05, 4.69) is 0 Å². The Hall–Kier alpha value is -2.17.